The number of benzene rings is 1. The van der Waals surface area contributed by atoms with E-state index in [1.54, 1.807) is 6.20 Å². The third-order valence-electron chi connectivity index (χ3n) is 3.96. The van der Waals surface area contributed by atoms with Gasteiger partial charge in [-0.15, -0.1) is 0 Å². The molecule has 1 aromatic carbocycles. The second-order valence-corrected chi connectivity index (χ2v) is 6.17. The summed E-state index contributed by atoms with van der Waals surface area (Å²) in [6.45, 7) is 6.89. The first-order valence-corrected chi connectivity index (χ1v) is 8.02. The van der Waals surface area contributed by atoms with E-state index in [0.29, 0.717) is 11.5 Å². The molecule has 1 amide bonds. The topological polar surface area (TPSA) is 67.2 Å². The van der Waals surface area contributed by atoms with Crippen molar-refractivity contribution < 1.29 is 9.90 Å². The first-order chi connectivity index (χ1) is 11.0. The van der Waals surface area contributed by atoms with E-state index in [4.69, 9.17) is 0 Å². The SMILES string of the molecule is Cc1c(C(=O)NC(CO)c2ccccc2)cnn1CCC(C)C. The Balaban J connectivity index is 2.08. The summed E-state index contributed by atoms with van der Waals surface area (Å²) in [6.07, 6.45) is 2.62. The molecule has 1 heterocycles. The van der Waals surface area contributed by atoms with Crippen molar-refractivity contribution in [2.75, 3.05) is 6.61 Å². The van der Waals surface area contributed by atoms with Gasteiger partial charge in [-0.25, -0.2) is 0 Å². The Morgan fingerprint density at radius 1 is 1.30 bits per heavy atom. The van der Waals surface area contributed by atoms with Crippen LogP contribution < -0.4 is 5.32 Å². The molecule has 0 aliphatic heterocycles. The molecule has 124 valence electrons. The first-order valence-electron chi connectivity index (χ1n) is 8.02. The fourth-order valence-electron chi connectivity index (χ4n) is 2.43. The van der Waals surface area contributed by atoms with E-state index in [2.05, 4.69) is 24.3 Å². The summed E-state index contributed by atoms with van der Waals surface area (Å²) in [5, 5.41) is 16.7. The van der Waals surface area contributed by atoms with E-state index in [0.717, 1.165) is 24.2 Å². The van der Waals surface area contributed by atoms with Crippen molar-refractivity contribution in [1.29, 1.82) is 0 Å². The normalized spacial score (nSPS) is 12.4. The van der Waals surface area contributed by atoms with Crippen molar-refractivity contribution in [1.82, 2.24) is 15.1 Å². The number of rotatable bonds is 7. The lowest BCUT2D eigenvalue weighted by Crippen LogP contribution is -2.31. The number of carbonyl (C=O) groups is 1. The highest BCUT2D eigenvalue weighted by molar-refractivity contribution is 5.95. The van der Waals surface area contributed by atoms with Gasteiger partial charge in [0.05, 0.1) is 24.4 Å². The predicted octanol–water partition coefficient (Wildman–Crippen LogP) is 2.70. The van der Waals surface area contributed by atoms with E-state index in [-0.39, 0.29) is 12.5 Å². The molecule has 1 atom stereocenters. The fraction of sp³-hybridized carbons (Fsp3) is 0.444. The minimum atomic E-state index is -0.415. The largest absolute Gasteiger partial charge is 0.394 e. The highest BCUT2D eigenvalue weighted by Crippen LogP contribution is 2.15. The van der Waals surface area contributed by atoms with Crippen LogP contribution in [0.15, 0.2) is 36.5 Å². The standard InChI is InChI=1S/C18H25N3O2/c1-13(2)9-10-21-14(3)16(11-19-21)18(23)20-17(12-22)15-7-5-4-6-8-15/h4-8,11,13,17,22H,9-10,12H2,1-3H3,(H,20,23). The van der Waals surface area contributed by atoms with Crippen LogP contribution in [0.4, 0.5) is 0 Å². The van der Waals surface area contributed by atoms with Gasteiger partial charge in [-0.2, -0.15) is 5.10 Å². The monoisotopic (exact) mass is 315 g/mol. The maximum absolute atomic E-state index is 12.5. The highest BCUT2D eigenvalue weighted by Gasteiger charge is 2.18. The third kappa shape index (κ3) is 4.42. The summed E-state index contributed by atoms with van der Waals surface area (Å²) in [4.78, 5) is 12.5. The average Bonchev–Trinajstić information content (AvgIpc) is 2.92. The quantitative estimate of drug-likeness (QED) is 0.825. The molecule has 2 rings (SSSR count). The predicted molar refractivity (Wildman–Crippen MR) is 90.2 cm³/mol. The van der Waals surface area contributed by atoms with Crippen molar-refractivity contribution in [3.63, 3.8) is 0 Å². The van der Waals surface area contributed by atoms with Crippen LogP contribution in [0.2, 0.25) is 0 Å². The van der Waals surface area contributed by atoms with Crippen LogP contribution in [0.1, 0.15) is 47.9 Å². The van der Waals surface area contributed by atoms with Gasteiger partial charge in [0.15, 0.2) is 0 Å². The number of aryl methyl sites for hydroxylation is 1. The second-order valence-electron chi connectivity index (χ2n) is 6.17. The average molecular weight is 315 g/mol. The summed E-state index contributed by atoms with van der Waals surface area (Å²) < 4.78 is 1.87. The van der Waals surface area contributed by atoms with Crippen LogP contribution in [0.3, 0.4) is 0 Å². The summed E-state index contributed by atoms with van der Waals surface area (Å²) in [7, 11) is 0. The Labute approximate surface area is 137 Å². The number of hydrogen-bond donors (Lipinski definition) is 2. The van der Waals surface area contributed by atoms with Crippen molar-refractivity contribution in [3.8, 4) is 0 Å². The molecule has 0 bridgehead atoms. The smallest absolute Gasteiger partial charge is 0.255 e. The Kier molecular flexibility index (Phi) is 5.93. The van der Waals surface area contributed by atoms with Crippen LogP contribution in [-0.4, -0.2) is 27.4 Å². The van der Waals surface area contributed by atoms with Gasteiger partial charge in [-0.05, 0) is 24.8 Å². The first kappa shape index (κ1) is 17.2. The Morgan fingerprint density at radius 2 is 2.00 bits per heavy atom. The molecule has 0 saturated heterocycles. The summed E-state index contributed by atoms with van der Waals surface area (Å²) in [5.74, 6) is 0.383. The Morgan fingerprint density at radius 3 is 2.61 bits per heavy atom. The lowest BCUT2D eigenvalue weighted by molar-refractivity contribution is 0.0915. The van der Waals surface area contributed by atoms with Gasteiger partial charge in [-0.3, -0.25) is 9.48 Å². The van der Waals surface area contributed by atoms with Gasteiger partial charge in [-0.1, -0.05) is 44.2 Å². The number of nitrogens with zero attached hydrogens (tertiary/aromatic N) is 2. The van der Waals surface area contributed by atoms with Crippen LogP contribution >= 0.6 is 0 Å². The molecular weight excluding hydrogens is 290 g/mol. The minimum absolute atomic E-state index is 0.143. The molecule has 0 aliphatic rings. The molecular formula is C18H25N3O2. The van der Waals surface area contributed by atoms with Gasteiger partial charge in [0.1, 0.15) is 0 Å². The molecule has 2 aromatic rings. The zero-order chi connectivity index (χ0) is 16.8. The molecule has 2 N–H and O–H groups in total. The summed E-state index contributed by atoms with van der Waals surface area (Å²) in [5.41, 5.74) is 2.30. The number of aromatic nitrogens is 2. The van der Waals surface area contributed by atoms with Crippen LogP contribution in [0.25, 0.3) is 0 Å². The maximum atomic E-state index is 12.5. The minimum Gasteiger partial charge on any atom is -0.394 e. The molecule has 5 nitrogen and oxygen atoms in total. The molecule has 0 spiro atoms. The lowest BCUT2D eigenvalue weighted by Gasteiger charge is -2.16. The molecule has 0 saturated carbocycles. The van der Waals surface area contributed by atoms with E-state index in [9.17, 15) is 9.90 Å². The van der Waals surface area contributed by atoms with Crippen LogP contribution in [0, 0.1) is 12.8 Å². The summed E-state index contributed by atoms with van der Waals surface area (Å²) in [6, 6.07) is 9.05. The molecule has 1 aromatic heterocycles. The van der Waals surface area contributed by atoms with Gasteiger partial charge < -0.3 is 10.4 Å². The summed E-state index contributed by atoms with van der Waals surface area (Å²) >= 11 is 0. The lowest BCUT2D eigenvalue weighted by atomic mass is 10.1. The third-order valence-corrected chi connectivity index (χ3v) is 3.96. The van der Waals surface area contributed by atoms with Gasteiger partial charge in [0, 0.05) is 12.2 Å². The molecule has 0 aliphatic carbocycles. The zero-order valence-electron chi connectivity index (χ0n) is 14.0. The van der Waals surface area contributed by atoms with Gasteiger partial charge >= 0.3 is 0 Å². The molecule has 0 fully saturated rings. The number of amides is 1. The van der Waals surface area contributed by atoms with E-state index in [1.165, 1.54) is 0 Å². The molecule has 0 radical (unpaired) electrons. The van der Waals surface area contributed by atoms with Crippen molar-refractivity contribution in [2.24, 2.45) is 5.92 Å². The van der Waals surface area contributed by atoms with E-state index >= 15 is 0 Å². The number of carbonyl (C=O) groups excluding carboxylic acids is 1. The van der Waals surface area contributed by atoms with Gasteiger partial charge in [0.2, 0.25) is 0 Å². The van der Waals surface area contributed by atoms with E-state index in [1.807, 2.05) is 41.9 Å². The van der Waals surface area contributed by atoms with Crippen molar-refractivity contribution in [3.05, 3.63) is 53.3 Å². The van der Waals surface area contributed by atoms with Crippen molar-refractivity contribution in [2.45, 2.75) is 39.8 Å². The highest BCUT2D eigenvalue weighted by atomic mass is 16.3. The Bertz CT molecular complexity index is 635. The fourth-order valence-corrected chi connectivity index (χ4v) is 2.43. The van der Waals surface area contributed by atoms with Crippen LogP contribution in [0.5, 0.6) is 0 Å². The molecule has 1 unspecified atom stereocenters. The zero-order valence-corrected chi connectivity index (χ0v) is 14.0. The molecule has 5 heteroatoms. The number of aliphatic hydroxyl groups is 1. The second kappa shape index (κ2) is 7.92. The van der Waals surface area contributed by atoms with E-state index < -0.39 is 6.04 Å². The molecule has 23 heavy (non-hydrogen) atoms. The van der Waals surface area contributed by atoms with Crippen LogP contribution in [-0.2, 0) is 6.54 Å². The van der Waals surface area contributed by atoms with Crippen molar-refractivity contribution >= 4 is 5.91 Å². The maximum Gasteiger partial charge on any atom is 0.255 e. The Hall–Kier alpha value is -2.14. The number of nitrogens with one attached hydrogen (secondary N) is 1. The number of hydrogen-bond acceptors (Lipinski definition) is 3. The van der Waals surface area contributed by atoms with Gasteiger partial charge in [0.25, 0.3) is 5.91 Å². The number of aliphatic hydroxyl groups excluding tert-OH is 1.